The lowest BCUT2D eigenvalue weighted by molar-refractivity contribution is 0.224. The number of hydrogen-bond acceptors (Lipinski definition) is 3. The smallest absolute Gasteiger partial charge is 0.0367 e. The molecule has 1 aromatic carbocycles. The third-order valence-electron chi connectivity index (χ3n) is 4.81. The summed E-state index contributed by atoms with van der Waals surface area (Å²) in [6, 6.07) is 10.8. The first kappa shape index (κ1) is 19.6. The maximum atomic E-state index is 3.46. The number of nitrogens with one attached hydrogen (secondary N) is 1. The first-order valence-corrected chi connectivity index (χ1v) is 8.15. The van der Waals surface area contributed by atoms with E-state index in [9.17, 15) is 0 Å². The second-order valence-corrected chi connectivity index (χ2v) is 6.15. The van der Waals surface area contributed by atoms with E-state index in [-0.39, 0.29) is 24.8 Å². The molecule has 0 atom stereocenters. The van der Waals surface area contributed by atoms with Crippen molar-refractivity contribution < 1.29 is 0 Å². The number of hydrogen-bond donors (Lipinski definition) is 1. The van der Waals surface area contributed by atoms with Crippen LogP contribution in [0.15, 0.2) is 30.3 Å². The number of nitrogens with zero attached hydrogens (tertiary/aromatic N) is 2. The van der Waals surface area contributed by atoms with Crippen molar-refractivity contribution in [3.8, 4) is 0 Å². The Morgan fingerprint density at radius 1 is 0.909 bits per heavy atom. The molecule has 22 heavy (non-hydrogen) atoms. The molecule has 0 saturated carbocycles. The van der Waals surface area contributed by atoms with Gasteiger partial charge in [0.2, 0.25) is 0 Å². The Bertz CT molecular complexity index is 388. The van der Waals surface area contributed by atoms with E-state index in [2.05, 4.69) is 45.4 Å². The molecule has 0 bridgehead atoms. The molecule has 0 unspecified atom stereocenters. The molecular formula is C17H29Cl2N3. The summed E-state index contributed by atoms with van der Waals surface area (Å²) in [6.45, 7) is 8.55. The maximum Gasteiger partial charge on any atom is 0.0367 e. The molecule has 1 aromatic rings. The molecule has 2 aliphatic heterocycles. The van der Waals surface area contributed by atoms with E-state index in [4.69, 9.17) is 0 Å². The Labute approximate surface area is 147 Å². The van der Waals surface area contributed by atoms with Crippen molar-refractivity contribution in [1.29, 1.82) is 0 Å². The van der Waals surface area contributed by atoms with E-state index in [1.54, 1.807) is 0 Å². The van der Waals surface area contributed by atoms with Crippen LogP contribution in [-0.2, 0) is 0 Å². The van der Waals surface area contributed by atoms with Crippen molar-refractivity contribution >= 4 is 30.5 Å². The third kappa shape index (κ3) is 5.62. The van der Waals surface area contributed by atoms with Crippen LogP contribution in [0, 0.1) is 5.92 Å². The van der Waals surface area contributed by atoms with Crippen molar-refractivity contribution in [2.24, 2.45) is 5.92 Å². The minimum Gasteiger partial charge on any atom is -0.369 e. The lowest BCUT2D eigenvalue weighted by Crippen LogP contribution is -2.47. The molecule has 2 saturated heterocycles. The van der Waals surface area contributed by atoms with Gasteiger partial charge in [-0.15, -0.1) is 24.8 Å². The highest BCUT2D eigenvalue weighted by Gasteiger charge is 2.19. The highest BCUT2D eigenvalue weighted by Crippen LogP contribution is 2.19. The van der Waals surface area contributed by atoms with Gasteiger partial charge in [-0.05, 0) is 56.9 Å². The predicted molar refractivity (Wildman–Crippen MR) is 99.8 cm³/mol. The van der Waals surface area contributed by atoms with Gasteiger partial charge in [0.25, 0.3) is 0 Å². The number of benzene rings is 1. The zero-order valence-corrected chi connectivity index (χ0v) is 14.9. The zero-order chi connectivity index (χ0) is 13.6. The van der Waals surface area contributed by atoms with Crippen LogP contribution >= 0.6 is 24.8 Å². The SMILES string of the molecule is Cl.Cl.c1ccc(N2CCN(CCC3CCNCC3)CC2)cc1. The molecule has 0 amide bonds. The molecule has 126 valence electrons. The van der Waals surface area contributed by atoms with Gasteiger partial charge in [0.1, 0.15) is 0 Å². The average Bonchev–Trinajstić information content (AvgIpc) is 2.55. The molecule has 3 rings (SSSR count). The van der Waals surface area contributed by atoms with Gasteiger partial charge in [0.15, 0.2) is 0 Å². The molecule has 0 spiro atoms. The fraction of sp³-hybridized carbons (Fsp3) is 0.647. The minimum absolute atomic E-state index is 0. The molecule has 1 N–H and O–H groups in total. The first-order chi connectivity index (χ1) is 9.92. The summed E-state index contributed by atoms with van der Waals surface area (Å²) in [4.78, 5) is 5.17. The fourth-order valence-electron chi connectivity index (χ4n) is 3.40. The van der Waals surface area contributed by atoms with E-state index < -0.39 is 0 Å². The molecule has 5 heteroatoms. The van der Waals surface area contributed by atoms with E-state index in [1.807, 2.05) is 0 Å². The Morgan fingerprint density at radius 3 is 2.18 bits per heavy atom. The number of piperidine rings is 1. The van der Waals surface area contributed by atoms with Gasteiger partial charge < -0.3 is 10.2 Å². The fourth-order valence-corrected chi connectivity index (χ4v) is 3.40. The second kappa shape index (κ2) is 10.3. The van der Waals surface area contributed by atoms with Gasteiger partial charge in [0, 0.05) is 31.9 Å². The van der Waals surface area contributed by atoms with Crippen LogP contribution in [0.5, 0.6) is 0 Å². The zero-order valence-electron chi connectivity index (χ0n) is 13.2. The van der Waals surface area contributed by atoms with E-state index in [1.165, 1.54) is 70.8 Å². The van der Waals surface area contributed by atoms with Gasteiger partial charge in [-0.1, -0.05) is 18.2 Å². The van der Waals surface area contributed by atoms with E-state index in [0.717, 1.165) is 5.92 Å². The van der Waals surface area contributed by atoms with Crippen molar-refractivity contribution in [3.63, 3.8) is 0 Å². The van der Waals surface area contributed by atoms with Crippen LogP contribution < -0.4 is 10.2 Å². The minimum atomic E-state index is 0. The number of anilines is 1. The summed E-state index contributed by atoms with van der Waals surface area (Å²) in [5.74, 6) is 0.961. The molecular weight excluding hydrogens is 317 g/mol. The average molecular weight is 346 g/mol. The lowest BCUT2D eigenvalue weighted by atomic mass is 9.94. The van der Waals surface area contributed by atoms with E-state index in [0.29, 0.717) is 0 Å². The van der Waals surface area contributed by atoms with Crippen LogP contribution in [0.25, 0.3) is 0 Å². The summed E-state index contributed by atoms with van der Waals surface area (Å²) in [5, 5.41) is 3.46. The molecule has 2 aliphatic rings. The number of rotatable bonds is 4. The largest absolute Gasteiger partial charge is 0.369 e. The molecule has 0 radical (unpaired) electrons. The summed E-state index contributed by atoms with van der Waals surface area (Å²) >= 11 is 0. The molecule has 2 fully saturated rings. The summed E-state index contributed by atoms with van der Waals surface area (Å²) in [5.41, 5.74) is 1.38. The number of halogens is 2. The van der Waals surface area contributed by atoms with Crippen LogP contribution in [0.3, 0.4) is 0 Å². The summed E-state index contributed by atoms with van der Waals surface area (Å²) in [6.07, 6.45) is 4.15. The van der Waals surface area contributed by atoms with Gasteiger partial charge in [-0.25, -0.2) is 0 Å². The monoisotopic (exact) mass is 345 g/mol. The lowest BCUT2D eigenvalue weighted by Gasteiger charge is -2.37. The van der Waals surface area contributed by atoms with Crippen LogP contribution in [0.4, 0.5) is 5.69 Å². The Kier molecular flexibility index (Phi) is 9.18. The third-order valence-corrected chi connectivity index (χ3v) is 4.81. The molecule has 0 aromatic heterocycles. The highest BCUT2D eigenvalue weighted by molar-refractivity contribution is 5.85. The van der Waals surface area contributed by atoms with Crippen LogP contribution in [-0.4, -0.2) is 50.7 Å². The van der Waals surface area contributed by atoms with Gasteiger partial charge in [-0.2, -0.15) is 0 Å². The number of para-hydroxylation sites is 1. The van der Waals surface area contributed by atoms with Gasteiger partial charge in [-0.3, -0.25) is 4.90 Å². The Morgan fingerprint density at radius 2 is 1.55 bits per heavy atom. The predicted octanol–water partition coefficient (Wildman–Crippen LogP) is 3.04. The molecule has 2 heterocycles. The number of piperazine rings is 1. The molecule has 3 nitrogen and oxygen atoms in total. The van der Waals surface area contributed by atoms with Crippen LogP contribution in [0.2, 0.25) is 0 Å². The molecule has 0 aliphatic carbocycles. The maximum absolute atomic E-state index is 3.46. The van der Waals surface area contributed by atoms with Crippen LogP contribution in [0.1, 0.15) is 19.3 Å². The van der Waals surface area contributed by atoms with Crippen molar-refractivity contribution in [3.05, 3.63) is 30.3 Å². The summed E-state index contributed by atoms with van der Waals surface area (Å²) in [7, 11) is 0. The topological polar surface area (TPSA) is 18.5 Å². The standard InChI is InChI=1S/C17H27N3.2ClH/c1-2-4-17(5-3-1)20-14-12-19(13-15-20)11-8-16-6-9-18-10-7-16;;/h1-5,16,18H,6-15H2;2*1H. The highest BCUT2D eigenvalue weighted by atomic mass is 35.5. The van der Waals surface area contributed by atoms with Gasteiger partial charge in [0.05, 0.1) is 0 Å². The van der Waals surface area contributed by atoms with E-state index >= 15 is 0 Å². The second-order valence-electron chi connectivity index (χ2n) is 6.15. The van der Waals surface area contributed by atoms with Crippen molar-refractivity contribution in [2.45, 2.75) is 19.3 Å². The first-order valence-electron chi connectivity index (χ1n) is 8.15. The normalized spacial score (nSPS) is 20.1. The van der Waals surface area contributed by atoms with Gasteiger partial charge >= 0.3 is 0 Å². The van der Waals surface area contributed by atoms with Crippen molar-refractivity contribution in [1.82, 2.24) is 10.2 Å². The quantitative estimate of drug-likeness (QED) is 0.904. The Hall–Kier alpha value is -0.480. The van der Waals surface area contributed by atoms with Crippen molar-refractivity contribution in [2.75, 3.05) is 50.7 Å². The Balaban J connectivity index is 0.00000121. The summed E-state index contributed by atoms with van der Waals surface area (Å²) < 4.78 is 0.